The lowest BCUT2D eigenvalue weighted by Gasteiger charge is -2.16. The molecule has 2 aromatic carbocycles. The molecule has 0 spiro atoms. The van der Waals surface area contributed by atoms with Crippen LogP contribution in [0, 0.1) is 0 Å². The van der Waals surface area contributed by atoms with Gasteiger partial charge in [-0.1, -0.05) is 36.4 Å². The third-order valence-corrected chi connectivity index (χ3v) is 3.38. The zero-order valence-corrected chi connectivity index (χ0v) is 13.6. The lowest BCUT2D eigenvalue weighted by molar-refractivity contribution is -0.125. The van der Waals surface area contributed by atoms with Gasteiger partial charge in [-0.2, -0.15) is 13.2 Å². The van der Waals surface area contributed by atoms with Gasteiger partial charge in [0.1, 0.15) is 6.54 Å². The number of nitrogens with zero attached hydrogens (tertiary/aromatic N) is 1. The number of carbonyl (C=O) groups excluding carboxylic acids is 2. The van der Waals surface area contributed by atoms with Gasteiger partial charge >= 0.3 is 12.2 Å². The molecule has 0 unspecified atom stereocenters. The summed E-state index contributed by atoms with van der Waals surface area (Å²) >= 11 is 0. The highest BCUT2D eigenvalue weighted by atomic mass is 19.4. The number of hydrogen-bond donors (Lipinski definition) is 2. The maximum absolute atomic E-state index is 12.0. The average molecular weight is 353 g/mol. The summed E-state index contributed by atoms with van der Waals surface area (Å²) in [6.07, 6.45) is -4.52. The van der Waals surface area contributed by atoms with Gasteiger partial charge in [0.25, 0.3) is 0 Å². The number of fused-ring (bicyclic) bond motifs is 1. The zero-order chi connectivity index (χ0) is 18.4. The summed E-state index contributed by atoms with van der Waals surface area (Å²) in [5, 5.41) is 5.63. The Bertz CT molecular complexity index is 762. The third kappa shape index (κ3) is 6.42. The van der Waals surface area contributed by atoms with Gasteiger partial charge in [-0.25, -0.2) is 4.79 Å². The number of halogens is 3. The molecule has 2 rings (SSSR count). The summed E-state index contributed by atoms with van der Waals surface area (Å²) in [5.74, 6) is -0.678. The van der Waals surface area contributed by atoms with Gasteiger partial charge in [-0.05, 0) is 29.4 Å². The highest BCUT2D eigenvalue weighted by Gasteiger charge is 2.28. The van der Waals surface area contributed by atoms with Crippen LogP contribution in [0.4, 0.5) is 18.0 Å². The van der Waals surface area contributed by atoms with Crippen molar-refractivity contribution < 1.29 is 22.8 Å². The predicted molar refractivity (Wildman–Crippen MR) is 87.9 cm³/mol. The summed E-state index contributed by atoms with van der Waals surface area (Å²) in [6, 6.07) is 12.6. The molecule has 0 aliphatic heterocycles. The van der Waals surface area contributed by atoms with Crippen LogP contribution < -0.4 is 10.6 Å². The molecule has 0 heterocycles. The van der Waals surface area contributed by atoms with Gasteiger partial charge in [0.15, 0.2) is 0 Å². The Kier molecular flexibility index (Phi) is 5.97. The van der Waals surface area contributed by atoms with E-state index < -0.39 is 24.7 Å². The third-order valence-electron chi connectivity index (χ3n) is 3.38. The molecule has 0 fully saturated rings. The minimum atomic E-state index is -4.52. The Labute approximate surface area is 142 Å². The van der Waals surface area contributed by atoms with E-state index in [1.165, 1.54) is 0 Å². The molecule has 0 atom stereocenters. The number of amides is 3. The Morgan fingerprint density at radius 2 is 1.76 bits per heavy atom. The molecule has 0 saturated carbocycles. The fourth-order valence-corrected chi connectivity index (χ4v) is 2.34. The van der Waals surface area contributed by atoms with Crippen LogP contribution >= 0.6 is 0 Å². The summed E-state index contributed by atoms with van der Waals surface area (Å²) in [7, 11) is 1.68. The number of carbonyl (C=O) groups is 2. The lowest BCUT2D eigenvalue weighted by Crippen LogP contribution is -2.46. The average Bonchev–Trinajstić information content (AvgIpc) is 2.52. The summed E-state index contributed by atoms with van der Waals surface area (Å²) < 4.78 is 35.9. The molecule has 0 bridgehead atoms. The smallest absolute Gasteiger partial charge is 0.329 e. The minimum absolute atomic E-state index is 0.119. The van der Waals surface area contributed by atoms with E-state index in [0.29, 0.717) is 6.54 Å². The number of likely N-dealkylation sites (N-methyl/N-ethyl adjacent to an activating group) is 1. The molecular weight excluding hydrogens is 335 g/mol. The molecule has 0 aliphatic rings. The van der Waals surface area contributed by atoms with Gasteiger partial charge in [-0.15, -0.1) is 0 Å². The molecule has 2 aromatic rings. The normalized spacial score (nSPS) is 11.6. The lowest BCUT2D eigenvalue weighted by atomic mass is 10.1. The maximum Gasteiger partial charge on any atom is 0.405 e. The minimum Gasteiger partial charge on any atom is -0.329 e. The van der Waals surface area contributed by atoms with Gasteiger partial charge in [0.05, 0.1) is 6.54 Å². The van der Waals surface area contributed by atoms with Crippen LogP contribution in [0.25, 0.3) is 10.8 Å². The number of hydrogen-bond acceptors (Lipinski definition) is 3. The fraction of sp³-hybridized carbons (Fsp3) is 0.294. The van der Waals surface area contributed by atoms with E-state index in [1.54, 1.807) is 17.3 Å². The van der Waals surface area contributed by atoms with Crippen molar-refractivity contribution in [1.29, 1.82) is 0 Å². The highest BCUT2D eigenvalue weighted by Crippen LogP contribution is 2.16. The monoisotopic (exact) mass is 353 g/mol. The van der Waals surface area contributed by atoms with Gasteiger partial charge in [0, 0.05) is 6.54 Å². The molecule has 8 heteroatoms. The van der Waals surface area contributed by atoms with Crippen molar-refractivity contribution >= 4 is 22.7 Å². The molecular formula is C17H18F3N3O2. The standard InChI is InChI=1S/C17H18F3N3O2/c1-23(10-15(24)22-16(25)21-11-17(18,19)20)9-12-6-7-13-4-2-3-5-14(13)8-12/h2-8H,9-11H2,1H3,(H2,21,22,24,25). The SMILES string of the molecule is CN(CC(=O)NC(=O)NCC(F)(F)F)Cc1ccc2ccccc2c1. The van der Waals surface area contributed by atoms with Crippen molar-refractivity contribution in [2.45, 2.75) is 12.7 Å². The van der Waals surface area contributed by atoms with Crippen LogP contribution in [0.1, 0.15) is 5.56 Å². The maximum atomic E-state index is 12.0. The Balaban J connectivity index is 1.83. The number of alkyl halides is 3. The molecule has 0 aromatic heterocycles. The van der Waals surface area contributed by atoms with Crippen LogP contribution in [0.5, 0.6) is 0 Å². The predicted octanol–water partition coefficient (Wildman–Crippen LogP) is 2.66. The topological polar surface area (TPSA) is 61.4 Å². The van der Waals surface area contributed by atoms with Gasteiger partial charge in [-0.3, -0.25) is 15.0 Å². The first-order valence-corrected chi connectivity index (χ1v) is 7.53. The number of imide groups is 1. The molecule has 5 nitrogen and oxygen atoms in total. The highest BCUT2D eigenvalue weighted by molar-refractivity contribution is 5.95. The van der Waals surface area contributed by atoms with Crippen LogP contribution in [0.15, 0.2) is 42.5 Å². The molecule has 0 radical (unpaired) electrons. The second-order valence-corrected chi connectivity index (χ2v) is 5.70. The first-order valence-electron chi connectivity index (χ1n) is 7.53. The molecule has 3 amide bonds. The number of rotatable bonds is 5. The Hall–Kier alpha value is -2.61. The molecule has 2 N–H and O–H groups in total. The van der Waals surface area contributed by atoms with E-state index in [9.17, 15) is 22.8 Å². The first kappa shape index (κ1) is 18.7. The Morgan fingerprint density at radius 1 is 1.08 bits per heavy atom. The van der Waals surface area contributed by atoms with Crippen molar-refractivity contribution in [2.24, 2.45) is 0 Å². The van der Waals surface area contributed by atoms with Crippen molar-refractivity contribution in [2.75, 3.05) is 20.1 Å². The summed E-state index contributed by atoms with van der Waals surface area (Å²) in [4.78, 5) is 24.6. The fourth-order valence-electron chi connectivity index (χ4n) is 2.34. The van der Waals surface area contributed by atoms with E-state index >= 15 is 0 Å². The van der Waals surface area contributed by atoms with E-state index in [1.807, 2.05) is 47.8 Å². The van der Waals surface area contributed by atoms with Gasteiger partial charge in [0.2, 0.25) is 5.91 Å². The van der Waals surface area contributed by atoms with Crippen molar-refractivity contribution in [3.05, 3.63) is 48.0 Å². The van der Waals surface area contributed by atoms with E-state index in [2.05, 4.69) is 0 Å². The van der Waals surface area contributed by atoms with E-state index in [0.717, 1.165) is 16.3 Å². The largest absolute Gasteiger partial charge is 0.405 e. The Morgan fingerprint density at radius 3 is 2.44 bits per heavy atom. The van der Waals surface area contributed by atoms with Crippen molar-refractivity contribution in [3.63, 3.8) is 0 Å². The van der Waals surface area contributed by atoms with Gasteiger partial charge < -0.3 is 5.32 Å². The molecule has 25 heavy (non-hydrogen) atoms. The van der Waals surface area contributed by atoms with Crippen LogP contribution in [0.2, 0.25) is 0 Å². The second-order valence-electron chi connectivity index (χ2n) is 5.70. The van der Waals surface area contributed by atoms with Crippen LogP contribution in [0.3, 0.4) is 0 Å². The first-order chi connectivity index (χ1) is 11.7. The second kappa shape index (κ2) is 7.98. The zero-order valence-electron chi connectivity index (χ0n) is 13.6. The van der Waals surface area contributed by atoms with Crippen molar-refractivity contribution in [3.8, 4) is 0 Å². The molecule has 0 aliphatic carbocycles. The number of benzene rings is 2. The van der Waals surface area contributed by atoms with Crippen LogP contribution in [-0.4, -0.2) is 43.2 Å². The van der Waals surface area contributed by atoms with Crippen LogP contribution in [-0.2, 0) is 11.3 Å². The number of nitrogens with one attached hydrogen (secondary N) is 2. The summed E-state index contributed by atoms with van der Waals surface area (Å²) in [6.45, 7) is -1.15. The number of urea groups is 1. The van der Waals surface area contributed by atoms with E-state index in [4.69, 9.17) is 0 Å². The molecule has 134 valence electrons. The van der Waals surface area contributed by atoms with E-state index in [-0.39, 0.29) is 6.54 Å². The molecule has 0 saturated heterocycles. The summed E-state index contributed by atoms with van der Waals surface area (Å²) in [5.41, 5.74) is 0.982. The quantitative estimate of drug-likeness (QED) is 0.869. The van der Waals surface area contributed by atoms with Crippen molar-refractivity contribution in [1.82, 2.24) is 15.5 Å².